The third-order valence-electron chi connectivity index (χ3n) is 1.93. The highest BCUT2D eigenvalue weighted by Crippen LogP contribution is 2.30. The first-order valence-corrected chi connectivity index (χ1v) is 5.97. The Balaban J connectivity index is 2.43. The van der Waals surface area contributed by atoms with Crippen molar-refractivity contribution in [2.24, 2.45) is 5.14 Å². The number of sulfonamides is 1. The van der Waals surface area contributed by atoms with Crippen LogP contribution < -0.4 is 15.6 Å². The number of nitrogen functional groups attached to an aromatic ring is 1. The van der Waals surface area contributed by atoms with Crippen LogP contribution in [0, 0.1) is 0 Å². The van der Waals surface area contributed by atoms with Crippen LogP contribution in [0.15, 0.2) is 17.2 Å². The fourth-order valence-corrected chi connectivity index (χ4v) is 1.73. The normalized spacial score (nSPS) is 16.3. The Bertz CT molecular complexity index is 482. The summed E-state index contributed by atoms with van der Waals surface area (Å²) in [6.45, 7) is 0. The first-order chi connectivity index (χ1) is 6.97. The van der Waals surface area contributed by atoms with E-state index in [1.807, 2.05) is 0 Å². The van der Waals surface area contributed by atoms with Gasteiger partial charge in [0.15, 0.2) is 5.75 Å². The standard InChI is InChI=1S/C8H11N3O3S/c9-7-4-3-6(14-5-1-2-5)8(11-7)15(10,12)13/h3-5H,1-2H2,(H2,9,11)(H2,10,12,13). The number of nitrogens with two attached hydrogens (primary N) is 2. The van der Waals surface area contributed by atoms with Crippen molar-refractivity contribution in [2.75, 3.05) is 5.73 Å². The van der Waals surface area contributed by atoms with Crippen molar-refractivity contribution in [3.63, 3.8) is 0 Å². The molecule has 0 radical (unpaired) electrons. The number of nitrogens with zero attached hydrogens (tertiary/aromatic N) is 1. The molecule has 4 N–H and O–H groups in total. The van der Waals surface area contributed by atoms with Crippen molar-refractivity contribution < 1.29 is 13.2 Å². The van der Waals surface area contributed by atoms with Gasteiger partial charge in [-0.05, 0) is 25.0 Å². The van der Waals surface area contributed by atoms with Crippen LogP contribution in [0.5, 0.6) is 5.75 Å². The molecule has 1 aromatic rings. The number of rotatable bonds is 3. The zero-order chi connectivity index (χ0) is 11.1. The van der Waals surface area contributed by atoms with Gasteiger partial charge in [-0.25, -0.2) is 18.5 Å². The molecule has 0 aromatic carbocycles. The van der Waals surface area contributed by atoms with Crippen LogP contribution in [-0.2, 0) is 10.0 Å². The van der Waals surface area contributed by atoms with Crippen molar-refractivity contribution >= 4 is 15.8 Å². The lowest BCUT2D eigenvalue weighted by molar-refractivity contribution is 0.292. The van der Waals surface area contributed by atoms with Crippen molar-refractivity contribution in [2.45, 2.75) is 24.0 Å². The predicted molar refractivity (Wildman–Crippen MR) is 53.7 cm³/mol. The highest BCUT2D eigenvalue weighted by molar-refractivity contribution is 7.89. The summed E-state index contributed by atoms with van der Waals surface area (Å²) in [5.74, 6) is 0.274. The number of primary sulfonamides is 1. The molecule has 1 saturated carbocycles. The number of ether oxygens (including phenoxy) is 1. The first-order valence-electron chi connectivity index (χ1n) is 4.43. The van der Waals surface area contributed by atoms with Crippen LogP contribution in [0.2, 0.25) is 0 Å². The Morgan fingerprint density at radius 2 is 2.07 bits per heavy atom. The van der Waals surface area contributed by atoms with E-state index < -0.39 is 10.0 Å². The molecule has 1 aliphatic rings. The summed E-state index contributed by atoms with van der Waals surface area (Å²) < 4.78 is 27.7. The van der Waals surface area contributed by atoms with Gasteiger partial charge in [0.2, 0.25) is 5.03 Å². The second-order valence-corrected chi connectivity index (χ2v) is 4.88. The summed E-state index contributed by atoms with van der Waals surface area (Å²) in [7, 11) is -3.89. The summed E-state index contributed by atoms with van der Waals surface area (Å²) in [6.07, 6.45) is 1.93. The Kier molecular flexibility index (Phi) is 2.28. The van der Waals surface area contributed by atoms with Crippen LogP contribution in [0.1, 0.15) is 12.8 Å². The molecular formula is C8H11N3O3S. The summed E-state index contributed by atoms with van der Waals surface area (Å²) in [6, 6.07) is 2.95. The van der Waals surface area contributed by atoms with Gasteiger partial charge in [-0.1, -0.05) is 0 Å². The third-order valence-corrected chi connectivity index (χ3v) is 2.77. The summed E-state index contributed by atoms with van der Waals surface area (Å²) in [5.41, 5.74) is 5.38. The molecule has 1 heterocycles. The fourth-order valence-electron chi connectivity index (χ4n) is 1.10. The molecule has 1 fully saturated rings. The SMILES string of the molecule is Nc1ccc(OC2CC2)c(S(N)(=O)=O)n1. The zero-order valence-electron chi connectivity index (χ0n) is 7.88. The Labute approximate surface area is 87.3 Å². The average Bonchev–Trinajstić information content (AvgIpc) is 2.90. The monoisotopic (exact) mass is 229 g/mol. The van der Waals surface area contributed by atoms with Gasteiger partial charge in [-0.3, -0.25) is 0 Å². The van der Waals surface area contributed by atoms with Gasteiger partial charge in [0.05, 0.1) is 6.10 Å². The van der Waals surface area contributed by atoms with Crippen LogP contribution in [0.3, 0.4) is 0 Å². The van der Waals surface area contributed by atoms with E-state index in [0.717, 1.165) is 12.8 Å². The molecule has 6 nitrogen and oxygen atoms in total. The topological polar surface area (TPSA) is 108 Å². The number of aromatic nitrogens is 1. The molecule has 1 aromatic heterocycles. The Morgan fingerprint density at radius 1 is 1.40 bits per heavy atom. The first kappa shape index (κ1) is 10.2. The van der Waals surface area contributed by atoms with E-state index in [1.165, 1.54) is 12.1 Å². The van der Waals surface area contributed by atoms with Gasteiger partial charge in [0.1, 0.15) is 5.82 Å². The lowest BCUT2D eigenvalue weighted by atomic mass is 10.4. The van der Waals surface area contributed by atoms with Gasteiger partial charge in [0, 0.05) is 0 Å². The largest absolute Gasteiger partial charge is 0.487 e. The minimum atomic E-state index is -3.89. The van der Waals surface area contributed by atoms with Gasteiger partial charge in [-0.15, -0.1) is 0 Å². The van der Waals surface area contributed by atoms with Crippen LogP contribution >= 0.6 is 0 Å². The molecule has 7 heteroatoms. The molecule has 0 bridgehead atoms. The highest BCUT2D eigenvalue weighted by Gasteiger charge is 2.27. The van der Waals surface area contributed by atoms with Gasteiger partial charge in [-0.2, -0.15) is 0 Å². The lowest BCUT2D eigenvalue weighted by Crippen LogP contribution is -2.16. The molecule has 15 heavy (non-hydrogen) atoms. The predicted octanol–water partition coefficient (Wildman–Crippen LogP) is -0.148. The molecule has 0 amide bonds. The summed E-state index contributed by atoms with van der Waals surface area (Å²) in [4.78, 5) is 3.67. The molecule has 0 unspecified atom stereocenters. The maximum Gasteiger partial charge on any atom is 0.259 e. The molecule has 0 saturated heterocycles. The van der Waals surface area contributed by atoms with Crippen LogP contribution in [-0.4, -0.2) is 19.5 Å². The molecule has 1 aliphatic carbocycles. The van der Waals surface area contributed by atoms with E-state index in [1.54, 1.807) is 0 Å². The highest BCUT2D eigenvalue weighted by atomic mass is 32.2. The fraction of sp³-hybridized carbons (Fsp3) is 0.375. The Hall–Kier alpha value is -1.34. The average molecular weight is 229 g/mol. The van der Waals surface area contributed by atoms with Gasteiger partial charge >= 0.3 is 0 Å². The van der Waals surface area contributed by atoms with Crippen molar-refractivity contribution in [1.82, 2.24) is 4.98 Å². The van der Waals surface area contributed by atoms with Crippen molar-refractivity contribution in [1.29, 1.82) is 0 Å². The minimum Gasteiger partial charge on any atom is -0.487 e. The number of anilines is 1. The Morgan fingerprint density at radius 3 is 2.60 bits per heavy atom. The van der Waals surface area contributed by atoms with E-state index in [2.05, 4.69) is 4.98 Å². The van der Waals surface area contributed by atoms with Gasteiger partial charge < -0.3 is 10.5 Å². The molecule has 2 rings (SSSR count). The van der Waals surface area contributed by atoms with Crippen molar-refractivity contribution in [3.8, 4) is 5.75 Å². The zero-order valence-corrected chi connectivity index (χ0v) is 8.70. The van der Waals surface area contributed by atoms with E-state index in [-0.39, 0.29) is 22.7 Å². The second-order valence-electron chi connectivity index (χ2n) is 3.40. The molecule has 0 aliphatic heterocycles. The molecule has 82 valence electrons. The summed E-state index contributed by atoms with van der Waals surface area (Å²) in [5, 5.41) is 4.70. The smallest absolute Gasteiger partial charge is 0.259 e. The minimum absolute atomic E-state index is 0.0796. The van der Waals surface area contributed by atoms with Gasteiger partial charge in [0.25, 0.3) is 10.0 Å². The van der Waals surface area contributed by atoms with Crippen LogP contribution in [0.25, 0.3) is 0 Å². The second kappa shape index (κ2) is 3.35. The maximum atomic E-state index is 11.2. The quantitative estimate of drug-likeness (QED) is 0.749. The number of pyridine rings is 1. The lowest BCUT2D eigenvalue weighted by Gasteiger charge is -2.08. The number of hydrogen-bond acceptors (Lipinski definition) is 5. The maximum absolute atomic E-state index is 11.2. The van der Waals surface area contributed by atoms with E-state index >= 15 is 0 Å². The molecule has 0 atom stereocenters. The van der Waals surface area contributed by atoms with Crippen LogP contribution in [0.4, 0.5) is 5.82 Å². The number of hydrogen-bond donors (Lipinski definition) is 2. The summed E-state index contributed by atoms with van der Waals surface area (Å²) >= 11 is 0. The van der Waals surface area contributed by atoms with E-state index in [9.17, 15) is 8.42 Å². The molecular weight excluding hydrogens is 218 g/mol. The van der Waals surface area contributed by atoms with E-state index in [0.29, 0.717) is 0 Å². The van der Waals surface area contributed by atoms with E-state index in [4.69, 9.17) is 15.6 Å². The van der Waals surface area contributed by atoms with Crippen molar-refractivity contribution in [3.05, 3.63) is 12.1 Å². The molecule has 0 spiro atoms. The third kappa shape index (κ3) is 2.37.